The standard InChI is InChI=1S/C23H27N3O3S/c1-17-21(6-3-7-22(17)25-12-11-24-18(2)27)23(28)26-13-8-19(9-14-26)29-15-10-20-5-4-16-30-20/h3-9,13,16,25H,10-12,14-15H2,1-2H3,(H,24,27). The fraction of sp³-hybridized carbons (Fsp3) is 0.304. The van der Waals surface area contributed by atoms with Crippen LogP contribution in [0.2, 0.25) is 0 Å². The average molecular weight is 426 g/mol. The van der Waals surface area contributed by atoms with E-state index in [0.29, 0.717) is 31.8 Å². The van der Waals surface area contributed by atoms with E-state index < -0.39 is 0 Å². The van der Waals surface area contributed by atoms with Crippen molar-refractivity contribution in [2.75, 3.05) is 31.6 Å². The van der Waals surface area contributed by atoms with Crippen LogP contribution in [0.3, 0.4) is 0 Å². The number of ether oxygens (including phenoxy) is 1. The molecule has 0 spiro atoms. The van der Waals surface area contributed by atoms with Crippen LogP contribution in [0.25, 0.3) is 0 Å². The molecule has 0 bridgehead atoms. The summed E-state index contributed by atoms with van der Waals surface area (Å²) in [6.07, 6.45) is 6.42. The van der Waals surface area contributed by atoms with Crippen LogP contribution in [0.5, 0.6) is 0 Å². The van der Waals surface area contributed by atoms with Gasteiger partial charge in [-0.2, -0.15) is 0 Å². The van der Waals surface area contributed by atoms with Crippen molar-refractivity contribution in [3.8, 4) is 0 Å². The van der Waals surface area contributed by atoms with Crippen LogP contribution in [-0.2, 0) is 16.0 Å². The van der Waals surface area contributed by atoms with E-state index in [1.54, 1.807) is 22.4 Å². The Morgan fingerprint density at radius 2 is 2.07 bits per heavy atom. The Balaban J connectivity index is 1.53. The number of carbonyl (C=O) groups is 2. The molecule has 6 nitrogen and oxygen atoms in total. The number of anilines is 1. The van der Waals surface area contributed by atoms with Gasteiger partial charge >= 0.3 is 0 Å². The minimum absolute atomic E-state index is 0.0526. The van der Waals surface area contributed by atoms with Gasteiger partial charge in [0.2, 0.25) is 5.91 Å². The largest absolute Gasteiger partial charge is 0.493 e. The van der Waals surface area contributed by atoms with Crippen molar-refractivity contribution in [2.45, 2.75) is 20.3 Å². The predicted molar refractivity (Wildman–Crippen MR) is 121 cm³/mol. The highest BCUT2D eigenvalue weighted by molar-refractivity contribution is 7.09. The van der Waals surface area contributed by atoms with Crippen molar-refractivity contribution in [1.29, 1.82) is 0 Å². The highest BCUT2D eigenvalue weighted by Crippen LogP contribution is 2.22. The molecular weight excluding hydrogens is 398 g/mol. The number of rotatable bonds is 9. The lowest BCUT2D eigenvalue weighted by Gasteiger charge is -2.22. The normalized spacial score (nSPS) is 13.0. The first-order valence-corrected chi connectivity index (χ1v) is 10.8. The fourth-order valence-electron chi connectivity index (χ4n) is 3.11. The highest BCUT2D eigenvalue weighted by atomic mass is 32.1. The van der Waals surface area contributed by atoms with Crippen molar-refractivity contribution in [3.05, 3.63) is 75.8 Å². The molecule has 1 aliphatic rings. The maximum Gasteiger partial charge on any atom is 0.258 e. The van der Waals surface area contributed by atoms with Crippen LogP contribution in [0, 0.1) is 6.92 Å². The molecule has 2 aromatic rings. The molecule has 2 heterocycles. The molecule has 0 saturated carbocycles. The van der Waals surface area contributed by atoms with Gasteiger partial charge in [0, 0.05) is 55.3 Å². The van der Waals surface area contributed by atoms with Crippen LogP contribution in [-0.4, -0.2) is 43.0 Å². The van der Waals surface area contributed by atoms with Crippen molar-refractivity contribution in [1.82, 2.24) is 10.2 Å². The summed E-state index contributed by atoms with van der Waals surface area (Å²) in [6, 6.07) is 9.78. The maximum atomic E-state index is 13.0. The molecule has 2 N–H and O–H groups in total. The lowest BCUT2D eigenvalue weighted by atomic mass is 10.0. The first kappa shape index (κ1) is 21.6. The first-order valence-electron chi connectivity index (χ1n) is 9.97. The predicted octanol–water partition coefficient (Wildman–Crippen LogP) is 3.72. The minimum atomic E-state index is -0.0581. The van der Waals surface area contributed by atoms with Crippen LogP contribution in [0.15, 0.2) is 59.8 Å². The second-order valence-corrected chi connectivity index (χ2v) is 7.98. The maximum absolute atomic E-state index is 13.0. The highest BCUT2D eigenvalue weighted by Gasteiger charge is 2.18. The molecule has 0 fully saturated rings. The molecule has 0 radical (unpaired) electrons. The molecule has 1 aliphatic heterocycles. The summed E-state index contributed by atoms with van der Waals surface area (Å²) in [6.45, 7) is 5.64. The van der Waals surface area contributed by atoms with Gasteiger partial charge in [0.15, 0.2) is 0 Å². The van der Waals surface area contributed by atoms with Crippen LogP contribution in [0.4, 0.5) is 5.69 Å². The molecule has 30 heavy (non-hydrogen) atoms. The zero-order chi connectivity index (χ0) is 21.3. The Morgan fingerprint density at radius 1 is 1.20 bits per heavy atom. The van der Waals surface area contributed by atoms with E-state index in [1.165, 1.54) is 11.8 Å². The van der Waals surface area contributed by atoms with Crippen molar-refractivity contribution >= 4 is 28.8 Å². The van der Waals surface area contributed by atoms with Gasteiger partial charge in [-0.05, 0) is 48.2 Å². The van der Waals surface area contributed by atoms with Crippen LogP contribution >= 0.6 is 11.3 Å². The number of nitrogens with one attached hydrogen (secondary N) is 2. The number of nitrogens with zero attached hydrogens (tertiary/aromatic N) is 1. The molecular formula is C23H27N3O3S. The van der Waals surface area contributed by atoms with Gasteiger partial charge in [0.25, 0.3) is 5.91 Å². The van der Waals surface area contributed by atoms with Gasteiger partial charge in [-0.25, -0.2) is 0 Å². The molecule has 1 aromatic heterocycles. The quantitative estimate of drug-likeness (QED) is 0.601. The van der Waals surface area contributed by atoms with Crippen LogP contribution < -0.4 is 10.6 Å². The number of thiophene rings is 1. The van der Waals surface area contributed by atoms with E-state index >= 15 is 0 Å². The third-order valence-electron chi connectivity index (χ3n) is 4.74. The second-order valence-electron chi connectivity index (χ2n) is 6.95. The van der Waals surface area contributed by atoms with E-state index in [0.717, 1.165) is 23.4 Å². The number of benzene rings is 1. The molecule has 7 heteroatoms. The number of amides is 2. The molecule has 0 saturated heterocycles. The van der Waals surface area contributed by atoms with Crippen LogP contribution in [0.1, 0.15) is 27.7 Å². The molecule has 1 aromatic carbocycles. The Morgan fingerprint density at radius 3 is 2.77 bits per heavy atom. The smallest absolute Gasteiger partial charge is 0.258 e. The number of hydrogen-bond donors (Lipinski definition) is 2. The average Bonchev–Trinajstić information content (AvgIpc) is 3.26. The Hall–Kier alpha value is -3.06. The van der Waals surface area contributed by atoms with Gasteiger partial charge in [0.1, 0.15) is 5.76 Å². The number of allylic oxidation sites excluding steroid dienone is 1. The zero-order valence-corrected chi connectivity index (χ0v) is 18.1. The zero-order valence-electron chi connectivity index (χ0n) is 17.3. The molecule has 158 valence electrons. The summed E-state index contributed by atoms with van der Waals surface area (Å²) in [4.78, 5) is 26.9. The summed E-state index contributed by atoms with van der Waals surface area (Å²) >= 11 is 1.73. The lowest BCUT2D eigenvalue weighted by molar-refractivity contribution is -0.118. The monoisotopic (exact) mass is 425 g/mol. The number of hydrogen-bond acceptors (Lipinski definition) is 5. The van der Waals surface area contributed by atoms with Gasteiger partial charge < -0.3 is 20.3 Å². The van der Waals surface area contributed by atoms with E-state index in [4.69, 9.17) is 4.74 Å². The Labute approximate surface area is 181 Å². The second kappa shape index (κ2) is 10.6. The Kier molecular flexibility index (Phi) is 7.68. The van der Waals surface area contributed by atoms with E-state index in [1.807, 2.05) is 43.3 Å². The SMILES string of the molecule is CC(=O)NCCNc1cccc(C(=O)N2C=CC(OCCc3cccs3)=CC2)c1C. The van der Waals surface area contributed by atoms with E-state index in [9.17, 15) is 9.59 Å². The summed E-state index contributed by atoms with van der Waals surface area (Å²) in [5.74, 6) is 0.682. The van der Waals surface area contributed by atoms with Crippen molar-refractivity contribution in [2.24, 2.45) is 0 Å². The molecule has 2 amide bonds. The molecule has 0 aliphatic carbocycles. The summed E-state index contributed by atoms with van der Waals surface area (Å²) in [5, 5.41) is 8.08. The van der Waals surface area contributed by atoms with Gasteiger partial charge in [-0.3, -0.25) is 9.59 Å². The first-order chi connectivity index (χ1) is 14.5. The molecule has 0 unspecified atom stereocenters. The van der Waals surface area contributed by atoms with Gasteiger partial charge in [-0.15, -0.1) is 11.3 Å². The van der Waals surface area contributed by atoms with Crippen molar-refractivity contribution in [3.63, 3.8) is 0 Å². The topological polar surface area (TPSA) is 70.7 Å². The lowest BCUT2D eigenvalue weighted by Crippen LogP contribution is -2.29. The fourth-order valence-corrected chi connectivity index (χ4v) is 3.80. The van der Waals surface area contributed by atoms with Gasteiger partial charge in [0.05, 0.1) is 6.61 Å². The summed E-state index contributed by atoms with van der Waals surface area (Å²) < 4.78 is 5.81. The molecule has 3 rings (SSSR count). The third kappa shape index (κ3) is 5.97. The third-order valence-corrected chi connectivity index (χ3v) is 5.68. The molecule has 0 atom stereocenters. The Bertz CT molecular complexity index is 935. The van der Waals surface area contributed by atoms with Gasteiger partial charge in [-0.1, -0.05) is 12.1 Å². The van der Waals surface area contributed by atoms with Crippen molar-refractivity contribution < 1.29 is 14.3 Å². The summed E-state index contributed by atoms with van der Waals surface area (Å²) in [7, 11) is 0. The van der Waals surface area contributed by atoms with E-state index in [2.05, 4.69) is 22.1 Å². The number of carbonyl (C=O) groups excluding carboxylic acids is 2. The minimum Gasteiger partial charge on any atom is -0.493 e. The summed E-state index contributed by atoms with van der Waals surface area (Å²) in [5.41, 5.74) is 2.43. The van der Waals surface area contributed by atoms with E-state index in [-0.39, 0.29) is 11.8 Å².